The van der Waals surface area contributed by atoms with Crippen LogP contribution in [0.2, 0.25) is 0 Å². The Morgan fingerprint density at radius 1 is 0.142 bits per heavy atom. The van der Waals surface area contributed by atoms with Crippen LogP contribution in [0.5, 0.6) is 0 Å². The summed E-state index contributed by atoms with van der Waals surface area (Å²) >= 11 is 0. The van der Waals surface area contributed by atoms with Crippen LogP contribution in [0.1, 0.15) is 783 Å². The van der Waals surface area contributed by atoms with Gasteiger partial charge in [-0.25, -0.2) is 0 Å². The zero-order chi connectivity index (χ0) is 40.4. The highest BCUT2D eigenvalue weighted by Gasteiger charge is 2.14. The summed E-state index contributed by atoms with van der Waals surface area (Å²) in [4.78, 5) is 0. The average Bonchev–Trinajstić information content (AvgIpc) is 3.14. The quantitative estimate of drug-likeness (QED) is 0.150. The second kappa shape index (κ2) is 4270. The first kappa shape index (κ1) is 2640. The van der Waals surface area contributed by atoms with Gasteiger partial charge in [0.2, 0.25) is 0 Å². The molecule has 23 heteroatoms. The third kappa shape index (κ3) is 6020. The summed E-state index contributed by atoms with van der Waals surface area (Å²) in [5, 5.41) is 0. The van der Waals surface area contributed by atoms with Crippen molar-refractivity contribution in [2.45, 2.75) is 765 Å². The Hall–Kier alpha value is -2.53. The normalized spacial score (nSPS) is 1.59. The van der Waals surface area contributed by atoms with Crippen molar-refractivity contribution in [3.8, 4) is 0 Å². The molecule has 0 rings (SSSR count). The highest BCUT2D eigenvalue weighted by molar-refractivity contribution is 7.89. The van der Waals surface area contributed by atoms with Gasteiger partial charge >= 0.3 is 0 Å². The van der Waals surface area contributed by atoms with Crippen LogP contribution in [0.3, 0.4) is 0 Å². The van der Waals surface area contributed by atoms with E-state index in [0.717, 1.165) is 0 Å². The minimum Gasteiger partial charge on any atom is -0.0776 e. The largest absolute Gasteiger partial charge is 0.0776 e. The minimum atomic E-state index is -0.630. The molecule has 0 saturated heterocycles. The third-order valence-electron chi connectivity index (χ3n) is 2.22. The number of hydrogen-bond donors (Lipinski definition) is 0. The molecule has 1009 valence electrons. The highest BCUT2D eigenvalue weighted by Crippen LogP contribution is 1.76. The lowest BCUT2D eigenvalue weighted by Crippen LogP contribution is -2.52. The maximum absolute atomic E-state index is 8.00. The number of rotatable bonds is 4. The van der Waals surface area contributed by atoms with Crippen molar-refractivity contribution in [3.05, 3.63) is 89.4 Å². The summed E-state index contributed by atoms with van der Waals surface area (Å²) in [5.74, 6) is 0. The van der Waals surface area contributed by atoms with Crippen LogP contribution < -0.4 is 0 Å². The predicted octanol–water partition coefficient (Wildman–Crippen LogP) is 68.4. The zero-order valence-electron chi connectivity index (χ0n) is 28.0. The van der Waals surface area contributed by atoms with Crippen molar-refractivity contribution in [1.82, 2.24) is 0 Å². The fourth-order valence-corrected chi connectivity index (χ4v) is 0.655. The summed E-state index contributed by atoms with van der Waals surface area (Å²) in [6, 6.07) is 0. The SMILES string of the molecule is C.C.C.C.C.C.C.C.C.C.C.C.C.C.C.C.C.C.C.C.C.C.C.C.C.C.C.C.C.C.C.C.C.C.C.C.C.C.C.C.C.C.C.C.C.C.C.C.C.C.C.C.C.C.C.C.C.C.C.C.C.C.C.C.C.C.C.C.C.C.C.C.C.C.C.C.C.C.C.C.C.C.C.C.C.C.C.C.C.C.C.C.C.C.C.C.C.C.C.C.C.C.C.C=C=C=C=C=C=C.C=C=C=C=C=C=C=C.FF.FF.FF.FF.[2H][2H].[2H][2H].[2H][2H].[2H][2H].[B]B([B])B([B])B([B])[B].[B][B]B([B])B([B])[B].[HH].[HH].[HH].[HH]. The van der Waals surface area contributed by atoms with E-state index in [9.17, 15) is 0 Å². The van der Waals surface area contributed by atoms with Gasteiger partial charge in [-0.05, 0) is 66.4 Å². The Morgan fingerprint density at radius 3 is 0.220 bits per heavy atom. The van der Waals surface area contributed by atoms with Crippen molar-refractivity contribution in [3.63, 3.8) is 0 Å². The molecule has 0 aromatic carbocycles. The Labute approximate surface area is 1010 Å². The monoisotopic (exact) mass is 2180 g/mol. The van der Waals surface area contributed by atoms with Gasteiger partial charge < -0.3 is 0 Å². The van der Waals surface area contributed by atoms with Crippen molar-refractivity contribution >= 4 is 109 Å². The summed E-state index contributed by atoms with van der Waals surface area (Å²) in [6.45, 7) is 13.0. The molecule has 0 amide bonds. The molecule has 0 nitrogen and oxygen atoms in total. The predicted molar refractivity (Wildman–Crippen MR) is 867 cm³/mol. The maximum Gasteiger partial charge on any atom is 0 e. The van der Waals surface area contributed by atoms with Gasteiger partial charge in [-0.2, -0.15) is 0 Å². The third-order valence-corrected chi connectivity index (χ3v) is 2.22. The van der Waals surface area contributed by atoms with Crippen LogP contribution in [0.15, 0.2) is 89.4 Å². The molecule has 0 heterocycles. The van der Waals surface area contributed by atoms with Gasteiger partial charge in [0.05, 0.1) is 0 Å². The minimum absolute atomic E-state index is 0. The molecule has 141 heavy (non-hydrogen) atoms. The molecule has 19 radical (unpaired) electrons. The molecular formula is C118H436B15F8. The maximum atomic E-state index is 8.00. The molecule has 0 aliphatic rings. The fraction of sp³-hybridized carbons (Fsp3) is 0.873. The molecular weight excluding hydrogens is 1730 g/mol. The van der Waals surface area contributed by atoms with Crippen LogP contribution in [-0.4, -0.2) is 109 Å². The summed E-state index contributed by atoms with van der Waals surface area (Å²) in [5.41, 5.74) is 26.5. The molecule has 0 fully saturated rings. The molecule has 0 bridgehead atoms. The lowest BCUT2D eigenvalue weighted by atomic mass is 8.68. The Morgan fingerprint density at radius 2 is 0.199 bits per heavy atom. The highest BCUT2D eigenvalue weighted by atomic mass is 20.0. The molecule has 0 aliphatic carbocycles. The van der Waals surface area contributed by atoms with E-state index in [1.165, 1.54) is 7.06 Å². The standard InChI is InChI=1S/C8H4.C7H4.103CH4.B8.B7.4F2.8H2/c1-3-5-7-8-6-4-2;1-3-5-7-6-4-2;;;;;;;;;;;;;;;;;;;;;;;;;;;;;;;;;;;;;;;;;;;;;;;;;;;;;;;;;;;;;;;;;;;;;;;;;;;;;;;;;;;;;;;;;;;;;;;;;;;;;;;;1-6(2)8(5)7(3)4;1-5-7(4)6(2)3;4*1-2;;;;;;;;/h1-2H2;1-2H2;103*1H4;;;;;;;8*1H/i;;;;;;;;;;;;;;;;;;;;;;;;;;;;;;;;;;;;;;;;;;;;;;;;;;;;;;;;;;;;;;;;;;;;;;;;;;;;;;;;;;;;;;;;;;;;;;;;;;;;;;;;;;;;;;;4*1+1D;;;;. The number of hydrogen-bond acceptors (Lipinski definition) is 0. The van der Waals surface area contributed by atoms with E-state index in [1.807, 2.05) is 0 Å². The van der Waals surface area contributed by atoms with Crippen molar-refractivity contribution in [1.29, 1.82) is 0 Å². The van der Waals surface area contributed by atoms with E-state index in [0.29, 0.717) is 0 Å². The molecule has 0 saturated carbocycles. The lowest BCUT2D eigenvalue weighted by molar-refractivity contribution is 0.108. The van der Waals surface area contributed by atoms with E-state index < -0.39 is 25.5 Å². The van der Waals surface area contributed by atoms with Crippen LogP contribution in [0.4, 0.5) is 36.6 Å². The topological polar surface area (TPSA) is 0 Å². The lowest BCUT2D eigenvalue weighted by Gasteiger charge is -2.13. The molecule has 0 N–H and O–H groups in total. The summed E-state index contributed by atoms with van der Waals surface area (Å²) in [7, 11) is 47.4. The molecule has 0 aliphatic heterocycles. The molecule has 0 aromatic rings. The summed E-state index contributed by atoms with van der Waals surface area (Å²) < 4.78 is 104. The van der Waals surface area contributed by atoms with E-state index >= 15 is 0 Å². The van der Waals surface area contributed by atoms with Gasteiger partial charge in [0.15, 0.2) is 0 Å². The summed E-state index contributed by atoms with van der Waals surface area (Å²) in [6.07, 6.45) is -2.70. The number of halogens is 8. The Kier molecular flexibility index (Phi) is 80100. The Balaban J connectivity index is -0.000000000673. The van der Waals surface area contributed by atoms with Crippen molar-refractivity contribution in [2.75, 3.05) is 0 Å². The van der Waals surface area contributed by atoms with Gasteiger partial charge in [-0.3, -0.25) is 0 Å². The second-order valence-electron chi connectivity index (χ2n) is 4.66. The molecule has 0 spiro atoms. The van der Waals surface area contributed by atoms with Crippen LogP contribution in [-0.2, 0) is 0 Å². The van der Waals surface area contributed by atoms with Crippen molar-refractivity contribution in [2.24, 2.45) is 0 Å². The first-order valence-corrected chi connectivity index (χ1v) is 8.57. The van der Waals surface area contributed by atoms with Gasteiger partial charge in [0.25, 0.3) is 0 Å². The fourth-order valence-electron chi connectivity index (χ4n) is 0.655. The first-order valence-electron chi connectivity index (χ1n) is 12.6. The van der Waals surface area contributed by atoms with Crippen LogP contribution in [0, 0.1) is 0 Å². The second-order valence-corrected chi connectivity index (χ2v) is 4.66. The Bertz CT molecular complexity index is 922. The molecule has 0 atom stereocenters. The average molecular weight is 2180 g/mol. The van der Waals surface area contributed by atoms with E-state index in [2.05, 4.69) is 89.4 Å². The van der Waals surface area contributed by atoms with Crippen molar-refractivity contribution < 1.29 is 54.2 Å². The van der Waals surface area contributed by atoms with E-state index in [4.69, 9.17) is 118 Å². The first-order chi connectivity index (χ1) is 22.1. The van der Waals surface area contributed by atoms with Gasteiger partial charge in [-0.1, -0.05) is 788 Å². The van der Waals surface area contributed by atoms with E-state index in [1.54, 1.807) is 0 Å². The molecule has 0 unspecified atom stereocenters. The molecule has 0 aromatic heterocycles. The van der Waals surface area contributed by atoms with Crippen LogP contribution in [0.25, 0.3) is 0 Å². The van der Waals surface area contributed by atoms with Crippen LogP contribution >= 0.6 is 0 Å². The zero-order valence-corrected chi connectivity index (χ0v) is 20.0. The smallest absolute Gasteiger partial charge is 0 e. The van der Waals surface area contributed by atoms with E-state index in [-0.39, 0.29) is 777 Å². The van der Waals surface area contributed by atoms with Gasteiger partial charge in [0, 0.05) is 163 Å². The van der Waals surface area contributed by atoms with Gasteiger partial charge in [0.1, 0.15) is 0 Å². The van der Waals surface area contributed by atoms with Gasteiger partial charge in [-0.15, -0.1) is 0 Å².